The molecule has 1 fully saturated rings. The number of anilines is 2. The van der Waals surface area contributed by atoms with Crippen LogP contribution < -0.4 is 9.62 Å². The van der Waals surface area contributed by atoms with Crippen molar-refractivity contribution in [2.24, 2.45) is 5.92 Å². The largest absolute Gasteiger partial charge is 0.370 e. The average molecular weight is 451 g/mol. The first-order valence-electron chi connectivity index (χ1n) is 8.58. The summed E-state index contributed by atoms with van der Waals surface area (Å²) >= 11 is 12.5. The normalized spacial score (nSPS) is 16.9. The van der Waals surface area contributed by atoms with Crippen LogP contribution in [0.1, 0.15) is 6.42 Å². The number of benzene rings is 1. The molecule has 152 valence electrons. The lowest BCUT2D eigenvalue weighted by atomic mass is 10.1. The highest BCUT2D eigenvalue weighted by Gasteiger charge is 2.28. The van der Waals surface area contributed by atoms with Crippen LogP contribution in [0.5, 0.6) is 0 Å². The van der Waals surface area contributed by atoms with Crippen LogP contribution in [0.15, 0.2) is 23.1 Å². The van der Waals surface area contributed by atoms with Gasteiger partial charge in [-0.2, -0.15) is 0 Å². The Morgan fingerprint density at radius 3 is 2.68 bits per heavy atom. The Labute approximate surface area is 176 Å². The van der Waals surface area contributed by atoms with Crippen molar-refractivity contribution in [3.63, 3.8) is 0 Å². The standard InChI is InChI=1S/C18H19Cl2F3N4S/c1-26(2)8-10-5-6-27(9-10)13-7-12(22)17(16(23)15(13)19)28-25-14-4-3-11(21)18(20)24-14/h3-4,7,10H,5-6,8-9H2,1-2H3,(H,24,25)/t10-/m0/s1. The third-order valence-corrected chi connectivity index (χ3v) is 5.92. The van der Waals surface area contributed by atoms with Gasteiger partial charge in [0.2, 0.25) is 0 Å². The summed E-state index contributed by atoms with van der Waals surface area (Å²) in [5.74, 6) is -1.68. The first kappa shape index (κ1) is 21.4. The Morgan fingerprint density at radius 1 is 1.25 bits per heavy atom. The van der Waals surface area contributed by atoms with E-state index in [1.54, 1.807) is 0 Å². The molecule has 1 aromatic carbocycles. The minimum absolute atomic E-state index is 0.124. The fourth-order valence-electron chi connectivity index (χ4n) is 3.18. The molecule has 0 bridgehead atoms. The third kappa shape index (κ3) is 4.79. The molecule has 1 aliphatic rings. The van der Waals surface area contributed by atoms with Gasteiger partial charge >= 0.3 is 0 Å². The highest BCUT2D eigenvalue weighted by atomic mass is 35.5. The highest BCUT2D eigenvalue weighted by Crippen LogP contribution is 2.39. The number of nitrogens with zero attached hydrogens (tertiary/aromatic N) is 3. The summed E-state index contributed by atoms with van der Waals surface area (Å²) in [5, 5.41) is -0.456. The first-order chi connectivity index (χ1) is 13.3. The van der Waals surface area contributed by atoms with E-state index < -0.39 is 17.5 Å². The molecule has 3 rings (SSSR count). The molecule has 1 saturated heterocycles. The molecule has 1 N–H and O–H groups in total. The Kier molecular flexibility index (Phi) is 6.85. The summed E-state index contributed by atoms with van der Waals surface area (Å²) in [5.41, 5.74) is 0.352. The van der Waals surface area contributed by atoms with Crippen molar-refractivity contribution < 1.29 is 13.2 Å². The van der Waals surface area contributed by atoms with E-state index in [1.807, 2.05) is 19.0 Å². The van der Waals surface area contributed by atoms with Gasteiger partial charge in [0.05, 0.1) is 5.69 Å². The molecule has 0 aliphatic carbocycles. The smallest absolute Gasteiger partial charge is 0.167 e. The summed E-state index contributed by atoms with van der Waals surface area (Å²) in [7, 11) is 3.99. The first-order valence-corrected chi connectivity index (χ1v) is 10.2. The number of hydrogen-bond donors (Lipinski definition) is 1. The van der Waals surface area contributed by atoms with Gasteiger partial charge in [-0.1, -0.05) is 23.2 Å². The van der Waals surface area contributed by atoms with Gasteiger partial charge in [-0.05, 0) is 50.5 Å². The monoisotopic (exact) mass is 450 g/mol. The average Bonchev–Trinajstić information content (AvgIpc) is 3.08. The fraction of sp³-hybridized carbons (Fsp3) is 0.389. The van der Waals surface area contributed by atoms with Gasteiger partial charge in [-0.15, -0.1) is 0 Å². The van der Waals surface area contributed by atoms with E-state index in [0.717, 1.165) is 19.0 Å². The second-order valence-corrected chi connectivity index (χ2v) is 8.42. The molecule has 0 radical (unpaired) electrons. The number of hydrogen-bond acceptors (Lipinski definition) is 5. The minimum atomic E-state index is -0.849. The molecule has 1 aromatic heterocycles. The van der Waals surface area contributed by atoms with Crippen molar-refractivity contribution in [1.82, 2.24) is 9.88 Å². The van der Waals surface area contributed by atoms with Crippen molar-refractivity contribution in [2.75, 3.05) is 43.4 Å². The molecule has 1 aliphatic heterocycles. The molecule has 4 nitrogen and oxygen atoms in total. The van der Waals surface area contributed by atoms with Gasteiger partial charge in [0, 0.05) is 25.7 Å². The number of rotatable bonds is 6. The molecule has 0 saturated carbocycles. The van der Waals surface area contributed by atoms with E-state index in [2.05, 4.69) is 14.6 Å². The third-order valence-electron chi connectivity index (χ3n) is 4.41. The van der Waals surface area contributed by atoms with Crippen LogP contribution in [0.4, 0.5) is 24.7 Å². The Hall–Kier alpha value is -1.35. The van der Waals surface area contributed by atoms with Crippen LogP contribution in [-0.4, -0.2) is 43.6 Å². The van der Waals surface area contributed by atoms with Gasteiger partial charge in [-0.3, -0.25) is 0 Å². The number of pyridine rings is 1. The van der Waals surface area contributed by atoms with Crippen LogP contribution in [0, 0.1) is 23.4 Å². The van der Waals surface area contributed by atoms with Crippen molar-refractivity contribution >= 4 is 46.7 Å². The molecule has 2 aromatic rings. The van der Waals surface area contributed by atoms with Crippen LogP contribution in [-0.2, 0) is 0 Å². The Bertz CT molecular complexity index is 869. The zero-order chi connectivity index (χ0) is 20.4. The van der Waals surface area contributed by atoms with Crippen LogP contribution in [0.25, 0.3) is 0 Å². The molecule has 0 spiro atoms. The topological polar surface area (TPSA) is 31.4 Å². The lowest BCUT2D eigenvalue weighted by molar-refractivity contribution is 0.340. The summed E-state index contributed by atoms with van der Waals surface area (Å²) in [6, 6.07) is 3.67. The number of nitrogens with one attached hydrogen (secondary N) is 1. The maximum Gasteiger partial charge on any atom is 0.167 e. The van der Waals surface area contributed by atoms with Crippen molar-refractivity contribution in [3.05, 3.63) is 45.8 Å². The molecule has 0 unspecified atom stereocenters. The van der Waals surface area contributed by atoms with E-state index in [9.17, 15) is 13.2 Å². The van der Waals surface area contributed by atoms with Crippen LogP contribution in [0.3, 0.4) is 0 Å². The van der Waals surface area contributed by atoms with Gasteiger partial charge in [0.15, 0.2) is 16.8 Å². The maximum atomic E-state index is 14.8. The van der Waals surface area contributed by atoms with Crippen LogP contribution >= 0.6 is 35.1 Å². The van der Waals surface area contributed by atoms with Crippen molar-refractivity contribution in [2.45, 2.75) is 11.3 Å². The number of aromatic nitrogens is 1. The summed E-state index contributed by atoms with van der Waals surface area (Å²) in [4.78, 5) is 7.46. The summed E-state index contributed by atoms with van der Waals surface area (Å²) < 4.78 is 45.2. The fourth-order valence-corrected chi connectivity index (χ4v) is 4.33. The molecule has 0 amide bonds. The summed E-state index contributed by atoms with van der Waals surface area (Å²) in [6.07, 6.45) is 0.937. The predicted octanol–water partition coefficient (Wildman–Crippen LogP) is 5.31. The van der Waals surface area contributed by atoms with Crippen molar-refractivity contribution in [3.8, 4) is 0 Å². The SMILES string of the molecule is CN(C)C[C@@H]1CCN(c2cc(F)c(SNc3ccc(F)c(Cl)n3)c(F)c2Cl)C1. The second-order valence-electron chi connectivity index (χ2n) is 6.87. The second kappa shape index (κ2) is 8.98. The maximum absolute atomic E-state index is 14.8. The summed E-state index contributed by atoms with van der Waals surface area (Å²) in [6.45, 7) is 2.30. The molecule has 28 heavy (non-hydrogen) atoms. The zero-order valence-corrected chi connectivity index (χ0v) is 17.6. The van der Waals surface area contributed by atoms with Crippen molar-refractivity contribution in [1.29, 1.82) is 0 Å². The lowest BCUT2D eigenvalue weighted by Crippen LogP contribution is -2.26. The Morgan fingerprint density at radius 2 is 2.00 bits per heavy atom. The molecule has 1 atom stereocenters. The predicted molar refractivity (Wildman–Crippen MR) is 109 cm³/mol. The minimum Gasteiger partial charge on any atom is -0.370 e. The van der Waals surface area contributed by atoms with E-state index in [4.69, 9.17) is 23.2 Å². The van der Waals surface area contributed by atoms with E-state index in [-0.39, 0.29) is 20.9 Å². The van der Waals surface area contributed by atoms with Gasteiger partial charge in [0.25, 0.3) is 0 Å². The lowest BCUT2D eigenvalue weighted by Gasteiger charge is -2.22. The number of halogens is 5. The van der Waals surface area contributed by atoms with E-state index in [1.165, 1.54) is 12.1 Å². The highest BCUT2D eigenvalue weighted by molar-refractivity contribution is 8.00. The van der Waals surface area contributed by atoms with Gasteiger partial charge < -0.3 is 14.5 Å². The van der Waals surface area contributed by atoms with E-state index >= 15 is 0 Å². The van der Waals surface area contributed by atoms with Gasteiger partial charge in [-0.25, -0.2) is 18.2 Å². The zero-order valence-electron chi connectivity index (χ0n) is 15.3. The van der Waals surface area contributed by atoms with E-state index in [0.29, 0.717) is 36.6 Å². The van der Waals surface area contributed by atoms with Crippen LogP contribution in [0.2, 0.25) is 10.2 Å². The van der Waals surface area contributed by atoms with Gasteiger partial charge in [0.1, 0.15) is 21.6 Å². The molecule has 2 heterocycles. The molecule has 10 heteroatoms. The quantitative estimate of drug-likeness (QED) is 0.366. The molecular formula is C18H19Cl2F3N4S. The molecular weight excluding hydrogens is 432 g/mol. The Balaban J connectivity index is 1.76.